The molecule has 0 aliphatic carbocycles. The van der Waals surface area contributed by atoms with Crippen LogP contribution < -0.4 is 10.5 Å². The van der Waals surface area contributed by atoms with Crippen molar-refractivity contribution in [3.8, 4) is 5.75 Å². The third-order valence-corrected chi connectivity index (χ3v) is 2.02. The van der Waals surface area contributed by atoms with Crippen molar-refractivity contribution in [3.05, 3.63) is 28.8 Å². The lowest BCUT2D eigenvalue weighted by molar-refractivity contribution is -0.0229. The second-order valence-electron chi connectivity index (χ2n) is 3.33. The van der Waals surface area contributed by atoms with Crippen LogP contribution in [0.25, 0.3) is 0 Å². The number of halogens is 4. The van der Waals surface area contributed by atoms with Crippen molar-refractivity contribution in [3.63, 3.8) is 0 Å². The minimum atomic E-state index is -2.87. The molecule has 1 aromatic rings. The van der Waals surface area contributed by atoms with E-state index in [4.69, 9.17) is 22.1 Å². The smallest absolute Gasteiger partial charge is 0.278 e. The minimum absolute atomic E-state index is 0. The summed E-state index contributed by atoms with van der Waals surface area (Å²) in [6.45, 7) is 0.407. The van der Waals surface area contributed by atoms with E-state index in [2.05, 4.69) is 0 Å². The third kappa shape index (κ3) is 4.96. The average Bonchev–Trinajstić information content (AvgIpc) is 2.15. The zero-order valence-corrected chi connectivity index (χ0v) is 10.2. The van der Waals surface area contributed by atoms with Gasteiger partial charge in [-0.2, -0.15) is 0 Å². The summed E-state index contributed by atoms with van der Waals surface area (Å²) in [6.07, 6.45) is 0. The Morgan fingerprint density at radius 2 is 2.06 bits per heavy atom. The van der Waals surface area contributed by atoms with Gasteiger partial charge in [0.05, 0.1) is 5.02 Å². The summed E-state index contributed by atoms with van der Waals surface area (Å²) in [5, 5.41) is 0.302. The minimum Gasteiger partial charge on any atom is -0.486 e. The van der Waals surface area contributed by atoms with Gasteiger partial charge in [-0.3, -0.25) is 0 Å². The fourth-order valence-electron chi connectivity index (χ4n) is 0.990. The first-order chi connectivity index (χ1) is 6.92. The van der Waals surface area contributed by atoms with Crippen LogP contribution in [0.5, 0.6) is 5.75 Å². The van der Waals surface area contributed by atoms with Gasteiger partial charge < -0.3 is 10.5 Å². The summed E-state index contributed by atoms with van der Waals surface area (Å²) >= 11 is 5.77. The molecule has 0 atom stereocenters. The number of benzene rings is 1. The van der Waals surface area contributed by atoms with Crippen LogP contribution in [0.4, 0.5) is 8.78 Å². The van der Waals surface area contributed by atoms with Crippen LogP contribution in [0.2, 0.25) is 5.02 Å². The number of alkyl halides is 2. The Kier molecular flexibility index (Phi) is 6.00. The molecule has 0 fully saturated rings. The highest BCUT2D eigenvalue weighted by molar-refractivity contribution is 6.32. The first-order valence-corrected chi connectivity index (χ1v) is 4.79. The summed E-state index contributed by atoms with van der Waals surface area (Å²) in [5.74, 6) is -2.64. The highest BCUT2D eigenvalue weighted by Gasteiger charge is 2.22. The van der Waals surface area contributed by atoms with E-state index < -0.39 is 12.5 Å². The van der Waals surface area contributed by atoms with Gasteiger partial charge in [-0.15, -0.1) is 12.4 Å². The standard InChI is InChI=1S/C10H12ClF2NO.ClH/c1-10(12,13)6-15-9-4-7(5-14)2-3-8(9)11;/h2-4H,5-6,14H2,1H3;1H. The molecule has 0 bridgehead atoms. The monoisotopic (exact) mass is 271 g/mol. The maximum atomic E-state index is 12.5. The van der Waals surface area contributed by atoms with Crippen molar-refractivity contribution in [1.82, 2.24) is 0 Å². The van der Waals surface area contributed by atoms with Crippen molar-refractivity contribution in [2.45, 2.75) is 19.4 Å². The first kappa shape index (κ1) is 15.4. The lowest BCUT2D eigenvalue weighted by Gasteiger charge is -2.13. The molecule has 0 saturated carbocycles. The summed E-state index contributed by atoms with van der Waals surface area (Å²) in [6, 6.07) is 4.86. The summed E-state index contributed by atoms with van der Waals surface area (Å²) < 4.78 is 30.0. The highest BCUT2D eigenvalue weighted by atomic mass is 35.5. The summed E-state index contributed by atoms with van der Waals surface area (Å²) in [5.41, 5.74) is 6.19. The zero-order valence-electron chi connectivity index (χ0n) is 8.67. The van der Waals surface area contributed by atoms with Crippen LogP contribution in [0.3, 0.4) is 0 Å². The summed E-state index contributed by atoms with van der Waals surface area (Å²) in [4.78, 5) is 0. The van der Waals surface area contributed by atoms with Gasteiger partial charge in [0.2, 0.25) is 0 Å². The maximum Gasteiger partial charge on any atom is 0.278 e. The summed E-state index contributed by atoms with van der Waals surface area (Å²) in [7, 11) is 0. The Morgan fingerprint density at radius 3 is 2.56 bits per heavy atom. The number of ether oxygens (including phenoxy) is 1. The lowest BCUT2D eigenvalue weighted by atomic mass is 10.2. The van der Waals surface area contributed by atoms with Crippen LogP contribution in [0.1, 0.15) is 12.5 Å². The Labute approximate surface area is 104 Å². The second-order valence-corrected chi connectivity index (χ2v) is 3.73. The molecule has 92 valence electrons. The van der Waals surface area contributed by atoms with Gasteiger partial charge in [-0.1, -0.05) is 17.7 Å². The van der Waals surface area contributed by atoms with E-state index in [0.717, 1.165) is 12.5 Å². The van der Waals surface area contributed by atoms with Crippen LogP contribution >= 0.6 is 24.0 Å². The van der Waals surface area contributed by atoms with E-state index in [0.29, 0.717) is 11.6 Å². The highest BCUT2D eigenvalue weighted by Crippen LogP contribution is 2.26. The SMILES string of the molecule is CC(F)(F)COc1cc(CN)ccc1Cl.Cl. The van der Waals surface area contributed by atoms with E-state index in [9.17, 15) is 8.78 Å². The van der Waals surface area contributed by atoms with Gasteiger partial charge in [0, 0.05) is 13.5 Å². The van der Waals surface area contributed by atoms with Crippen LogP contribution in [0.15, 0.2) is 18.2 Å². The molecule has 0 amide bonds. The molecule has 0 saturated heterocycles. The molecule has 0 aromatic heterocycles. The van der Waals surface area contributed by atoms with Crippen molar-refractivity contribution in [2.75, 3.05) is 6.61 Å². The van der Waals surface area contributed by atoms with Crippen molar-refractivity contribution >= 4 is 24.0 Å². The van der Waals surface area contributed by atoms with E-state index in [1.807, 2.05) is 0 Å². The maximum absolute atomic E-state index is 12.5. The van der Waals surface area contributed by atoms with Gasteiger partial charge in [-0.05, 0) is 17.7 Å². The molecule has 6 heteroatoms. The molecule has 0 radical (unpaired) electrons. The van der Waals surface area contributed by atoms with Crippen molar-refractivity contribution < 1.29 is 13.5 Å². The molecule has 2 nitrogen and oxygen atoms in total. The quantitative estimate of drug-likeness (QED) is 0.913. The fraction of sp³-hybridized carbons (Fsp3) is 0.400. The predicted molar refractivity (Wildman–Crippen MR) is 62.7 cm³/mol. The van der Waals surface area contributed by atoms with Gasteiger partial charge in [0.1, 0.15) is 5.75 Å². The first-order valence-electron chi connectivity index (χ1n) is 4.41. The van der Waals surface area contributed by atoms with Gasteiger partial charge in [-0.25, -0.2) is 8.78 Å². The Morgan fingerprint density at radius 1 is 1.44 bits per heavy atom. The number of hydrogen-bond donors (Lipinski definition) is 1. The molecular weight excluding hydrogens is 259 g/mol. The number of nitrogens with two attached hydrogens (primary N) is 1. The Balaban J connectivity index is 0.00000225. The largest absolute Gasteiger partial charge is 0.486 e. The van der Waals surface area contributed by atoms with E-state index in [1.54, 1.807) is 18.2 Å². The molecule has 0 aliphatic rings. The molecule has 2 N–H and O–H groups in total. The second kappa shape index (κ2) is 6.23. The molecular formula is C10H13Cl2F2NO. The van der Waals surface area contributed by atoms with E-state index in [1.165, 1.54) is 0 Å². The number of hydrogen-bond acceptors (Lipinski definition) is 2. The third-order valence-electron chi connectivity index (χ3n) is 1.71. The molecule has 0 heterocycles. The molecule has 1 aromatic carbocycles. The fourth-order valence-corrected chi connectivity index (χ4v) is 1.16. The topological polar surface area (TPSA) is 35.2 Å². The molecule has 0 unspecified atom stereocenters. The predicted octanol–water partition coefficient (Wildman–Crippen LogP) is 3.25. The van der Waals surface area contributed by atoms with Crippen molar-refractivity contribution in [2.24, 2.45) is 5.73 Å². The normalized spacial score (nSPS) is 10.8. The van der Waals surface area contributed by atoms with Crippen LogP contribution in [-0.4, -0.2) is 12.5 Å². The molecule has 16 heavy (non-hydrogen) atoms. The Hall–Kier alpha value is -0.580. The number of rotatable bonds is 4. The van der Waals surface area contributed by atoms with Gasteiger partial charge in [0.15, 0.2) is 6.61 Å². The van der Waals surface area contributed by atoms with Gasteiger partial charge in [0.25, 0.3) is 5.92 Å². The average molecular weight is 272 g/mol. The van der Waals surface area contributed by atoms with Gasteiger partial charge >= 0.3 is 0 Å². The lowest BCUT2D eigenvalue weighted by Crippen LogP contribution is -2.21. The Bertz CT molecular complexity index is 342. The molecule has 1 rings (SSSR count). The molecule has 0 aliphatic heterocycles. The molecule has 0 spiro atoms. The van der Waals surface area contributed by atoms with Crippen LogP contribution in [-0.2, 0) is 6.54 Å². The van der Waals surface area contributed by atoms with E-state index in [-0.39, 0.29) is 18.2 Å². The van der Waals surface area contributed by atoms with Crippen LogP contribution in [0, 0.1) is 0 Å². The zero-order chi connectivity index (χ0) is 11.5. The van der Waals surface area contributed by atoms with E-state index >= 15 is 0 Å². The van der Waals surface area contributed by atoms with Crippen molar-refractivity contribution in [1.29, 1.82) is 0 Å².